The van der Waals surface area contributed by atoms with Crippen molar-refractivity contribution in [3.05, 3.63) is 21.6 Å². The van der Waals surface area contributed by atoms with Crippen LogP contribution < -0.4 is 5.56 Å². The van der Waals surface area contributed by atoms with Crippen molar-refractivity contribution >= 4 is 0 Å². The smallest absolute Gasteiger partial charge is 0.267 e. The molecule has 0 fully saturated rings. The van der Waals surface area contributed by atoms with E-state index in [0.29, 0.717) is 12.0 Å². The van der Waals surface area contributed by atoms with Gasteiger partial charge in [-0.25, -0.2) is 0 Å². The van der Waals surface area contributed by atoms with Crippen LogP contribution in [0.1, 0.15) is 50.9 Å². The van der Waals surface area contributed by atoms with Gasteiger partial charge in [0.15, 0.2) is 0 Å². The summed E-state index contributed by atoms with van der Waals surface area (Å²) in [7, 11) is 0. The molecule has 1 heterocycles. The summed E-state index contributed by atoms with van der Waals surface area (Å²) < 4.78 is 1.96. The summed E-state index contributed by atoms with van der Waals surface area (Å²) in [5.74, 6) is 0.390. The molecule has 1 aromatic heterocycles. The van der Waals surface area contributed by atoms with E-state index in [4.69, 9.17) is 0 Å². The minimum absolute atomic E-state index is 0.0393. The number of rotatable bonds is 2. The van der Waals surface area contributed by atoms with Gasteiger partial charge in [0.1, 0.15) is 0 Å². The van der Waals surface area contributed by atoms with Gasteiger partial charge in [-0.15, -0.1) is 0 Å². The molecular weight excluding hydrogens is 164 g/mol. The molecule has 0 bridgehead atoms. The summed E-state index contributed by atoms with van der Waals surface area (Å²) in [5.41, 5.74) is 2.01. The Kier molecular flexibility index (Phi) is 2.64. The van der Waals surface area contributed by atoms with Gasteiger partial charge in [0.05, 0.1) is 0 Å². The van der Waals surface area contributed by atoms with E-state index in [2.05, 4.69) is 32.8 Å². The van der Waals surface area contributed by atoms with Crippen molar-refractivity contribution < 1.29 is 0 Å². The highest BCUT2D eigenvalue weighted by Crippen LogP contribution is 2.19. The fourth-order valence-electron chi connectivity index (χ4n) is 1.67. The van der Waals surface area contributed by atoms with E-state index >= 15 is 0 Å². The Labute approximate surface area is 78.8 Å². The number of nitrogens with zero attached hydrogens (tertiary/aromatic N) is 1. The number of aromatic nitrogens is 2. The molecule has 13 heavy (non-hydrogen) atoms. The standard InChI is InChI=1S/C10H18N2O/c1-6(2)9-8(5)10(13)11-12(9)7(3)4/h6-7H,1-5H3,(H,11,13). The van der Waals surface area contributed by atoms with Gasteiger partial charge in [0, 0.05) is 17.3 Å². The summed E-state index contributed by atoms with van der Waals surface area (Å²) in [6, 6.07) is 0.318. The van der Waals surface area contributed by atoms with Gasteiger partial charge in [0.25, 0.3) is 5.56 Å². The van der Waals surface area contributed by atoms with E-state index in [1.165, 1.54) is 0 Å². The van der Waals surface area contributed by atoms with Gasteiger partial charge in [0.2, 0.25) is 0 Å². The van der Waals surface area contributed by atoms with E-state index in [1.807, 2.05) is 11.6 Å². The van der Waals surface area contributed by atoms with Crippen LogP contribution in [0.5, 0.6) is 0 Å². The zero-order chi connectivity index (χ0) is 10.2. The van der Waals surface area contributed by atoms with Crippen LogP contribution in [0.3, 0.4) is 0 Å². The van der Waals surface area contributed by atoms with Crippen molar-refractivity contribution in [3.8, 4) is 0 Å². The van der Waals surface area contributed by atoms with Gasteiger partial charge < -0.3 is 0 Å². The molecule has 0 aromatic carbocycles. The molecule has 0 aliphatic rings. The van der Waals surface area contributed by atoms with Crippen molar-refractivity contribution in [2.24, 2.45) is 0 Å². The molecule has 0 unspecified atom stereocenters. The fourth-order valence-corrected chi connectivity index (χ4v) is 1.67. The molecule has 3 heteroatoms. The second kappa shape index (κ2) is 3.40. The van der Waals surface area contributed by atoms with Crippen molar-refractivity contribution in [1.82, 2.24) is 9.78 Å². The molecule has 1 aromatic rings. The zero-order valence-electron chi connectivity index (χ0n) is 9.01. The van der Waals surface area contributed by atoms with Gasteiger partial charge >= 0.3 is 0 Å². The fraction of sp³-hybridized carbons (Fsp3) is 0.700. The molecular formula is C10H18N2O. The van der Waals surface area contributed by atoms with Gasteiger partial charge in [-0.1, -0.05) is 13.8 Å². The largest absolute Gasteiger partial charge is 0.286 e. The minimum atomic E-state index is 0.0393. The predicted molar refractivity (Wildman–Crippen MR) is 54.3 cm³/mol. The van der Waals surface area contributed by atoms with E-state index in [-0.39, 0.29) is 5.56 Å². The maximum atomic E-state index is 11.4. The molecule has 74 valence electrons. The molecule has 3 nitrogen and oxygen atoms in total. The van der Waals surface area contributed by atoms with E-state index in [0.717, 1.165) is 11.3 Å². The molecule has 0 saturated heterocycles. The van der Waals surface area contributed by atoms with Crippen LogP contribution in [0.4, 0.5) is 0 Å². The lowest BCUT2D eigenvalue weighted by Gasteiger charge is -2.14. The highest BCUT2D eigenvalue weighted by atomic mass is 16.1. The maximum absolute atomic E-state index is 11.4. The van der Waals surface area contributed by atoms with Crippen molar-refractivity contribution in [1.29, 1.82) is 0 Å². The Hall–Kier alpha value is -0.990. The molecule has 0 spiro atoms. The zero-order valence-corrected chi connectivity index (χ0v) is 9.01. The Balaban J connectivity index is 3.35. The Morgan fingerprint density at radius 1 is 1.23 bits per heavy atom. The lowest BCUT2D eigenvalue weighted by molar-refractivity contribution is 0.494. The number of H-pyrrole nitrogens is 1. The van der Waals surface area contributed by atoms with E-state index < -0.39 is 0 Å². The third kappa shape index (κ3) is 1.69. The molecule has 0 aliphatic carbocycles. The number of hydrogen-bond acceptors (Lipinski definition) is 1. The number of aromatic amines is 1. The summed E-state index contributed by atoms with van der Waals surface area (Å²) in [6.07, 6.45) is 0. The van der Waals surface area contributed by atoms with Crippen LogP contribution in [0.25, 0.3) is 0 Å². The molecule has 0 atom stereocenters. The van der Waals surface area contributed by atoms with Crippen molar-refractivity contribution in [2.45, 2.75) is 46.6 Å². The topological polar surface area (TPSA) is 37.8 Å². The van der Waals surface area contributed by atoms with Crippen LogP contribution >= 0.6 is 0 Å². The molecule has 0 aliphatic heterocycles. The molecule has 1 N–H and O–H groups in total. The highest BCUT2D eigenvalue weighted by Gasteiger charge is 2.15. The van der Waals surface area contributed by atoms with Gasteiger partial charge in [-0.05, 0) is 26.7 Å². The summed E-state index contributed by atoms with van der Waals surface area (Å²) >= 11 is 0. The Bertz CT molecular complexity index is 344. The third-order valence-electron chi connectivity index (χ3n) is 2.27. The summed E-state index contributed by atoms with van der Waals surface area (Å²) in [6.45, 7) is 10.2. The third-order valence-corrected chi connectivity index (χ3v) is 2.27. The first kappa shape index (κ1) is 10.1. The van der Waals surface area contributed by atoms with Crippen LogP contribution in [-0.4, -0.2) is 9.78 Å². The first-order chi connectivity index (χ1) is 5.95. The minimum Gasteiger partial charge on any atom is -0.286 e. The molecule has 0 saturated carbocycles. The molecule has 0 radical (unpaired) electrons. The highest BCUT2D eigenvalue weighted by molar-refractivity contribution is 5.19. The molecule has 1 rings (SSSR count). The second-order valence-electron chi connectivity index (χ2n) is 4.07. The van der Waals surface area contributed by atoms with Crippen molar-refractivity contribution in [2.75, 3.05) is 0 Å². The maximum Gasteiger partial charge on any atom is 0.267 e. The van der Waals surface area contributed by atoms with Crippen LogP contribution in [-0.2, 0) is 0 Å². The van der Waals surface area contributed by atoms with Crippen LogP contribution in [0.2, 0.25) is 0 Å². The average Bonchev–Trinajstić information content (AvgIpc) is 2.28. The second-order valence-corrected chi connectivity index (χ2v) is 4.07. The van der Waals surface area contributed by atoms with E-state index in [1.54, 1.807) is 0 Å². The number of hydrogen-bond donors (Lipinski definition) is 1. The average molecular weight is 182 g/mol. The van der Waals surface area contributed by atoms with Crippen LogP contribution in [0.15, 0.2) is 4.79 Å². The summed E-state index contributed by atoms with van der Waals surface area (Å²) in [4.78, 5) is 11.4. The van der Waals surface area contributed by atoms with Crippen molar-refractivity contribution in [3.63, 3.8) is 0 Å². The summed E-state index contributed by atoms with van der Waals surface area (Å²) in [5, 5.41) is 2.85. The lowest BCUT2D eigenvalue weighted by Crippen LogP contribution is -2.10. The van der Waals surface area contributed by atoms with Gasteiger partial charge in [-0.3, -0.25) is 14.6 Å². The molecule has 0 amide bonds. The number of nitrogens with one attached hydrogen (secondary N) is 1. The normalized spacial score (nSPS) is 11.6. The predicted octanol–water partition coefficient (Wildman–Crippen LogP) is 2.19. The van der Waals surface area contributed by atoms with E-state index in [9.17, 15) is 4.79 Å². The lowest BCUT2D eigenvalue weighted by atomic mass is 10.1. The first-order valence-corrected chi connectivity index (χ1v) is 4.76. The van der Waals surface area contributed by atoms with Gasteiger partial charge in [-0.2, -0.15) is 0 Å². The SMILES string of the molecule is Cc1c(C(C)C)n(C(C)C)[nH]c1=O. The monoisotopic (exact) mass is 182 g/mol. The quantitative estimate of drug-likeness (QED) is 0.748. The Morgan fingerprint density at radius 3 is 2.08 bits per heavy atom. The Morgan fingerprint density at radius 2 is 1.77 bits per heavy atom. The van der Waals surface area contributed by atoms with Crippen LogP contribution in [0, 0.1) is 6.92 Å². The first-order valence-electron chi connectivity index (χ1n) is 4.76.